The Morgan fingerprint density at radius 1 is 1.20 bits per heavy atom. The summed E-state index contributed by atoms with van der Waals surface area (Å²) in [4.78, 5) is 0. The molecular weight excluding hydrogens is 335 g/mol. The molecule has 1 aromatic rings. The van der Waals surface area contributed by atoms with Gasteiger partial charge < -0.3 is 10.1 Å². The zero-order valence-electron chi connectivity index (χ0n) is 11.0. The summed E-state index contributed by atoms with van der Waals surface area (Å²) in [7, 11) is 0. The van der Waals surface area contributed by atoms with Crippen molar-refractivity contribution in [2.45, 2.75) is 51.1 Å². The van der Waals surface area contributed by atoms with Crippen LogP contribution < -0.4 is 10.1 Å². The van der Waals surface area contributed by atoms with Crippen molar-refractivity contribution >= 4 is 15.9 Å². The molecule has 112 valence electrons. The Labute approximate surface area is 124 Å². The van der Waals surface area contributed by atoms with Gasteiger partial charge in [-0.25, -0.2) is 0 Å². The fourth-order valence-corrected chi connectivity index (χ4v) is 2.80. The molecule has 0 radical (unpaired) electrons. The van der Waals surface area contributed by atoms with Crippen molar-refractivity contribution in [1.82, 2.24) is 5.32 Å². The van der Waals surface area contributed by atoms with E-state index in [1.165, 1.54) is 25.3 Å². The second-order valence-corrected chi connectivity index (χ2v) is 5.93. The highest BCUT2D eigenvalue weighted by Crippen LogP contribution is 2.29. The van der Waals surface area contributed by atoms with Crippen molar-refractivity contribution in [1.29, 1.82) is 0 Å². The Morgan fingerprint density at radius 2 is 1.90 bits per heavy atom. The second-order valence-electron chi connectivity index (χ2n) is 5.02. The summed E-state index contributed by atoms with van der Waals surface area (Å²) in [6.07, 6.45) is 1.13. The quantitative estimate of drug-likeness (QED) is 0.843. The summed E-state index contributed by atoms with van der Waals surface area (Å²) in [5.74, 6) is -0.143. The molecule has 1 saturated carbocycles. The highest BCUT2D eigenvalue weighted by Gasteiger charge is 2.32. The van der Waals surface area contributed by atoms with Gasteiger partial charge in [0.05, 0.1) is 0 Å². The van der Waals surface area contributed by atoms with Gasteiger partial charge in [-0.1, -0.05) is 41.3 Å². The normalized spacial score (nSPS) is 17.2. The van der Waals surface area contributed by atoms with Crippen molar-refractivity contribution < 1.29 is 17.9 Å². The predicted molar refractivity (Wildman–Crippen MR) is 74.5 cm³/mol. The highest BCUT2D eigenvalue weighted by molar-refractivity contribution is 9.10. The number of halogens is 4. The van der Waals surface area contributed by atoms with Gasteiger partial charge in [-0.2, -0.15) is 0 Å². The molecule has 1 fully saturated rings. The standard InChI is InChI=1S/C14H17BrF3NO/c15-11-7-6-10(13(8-11)20-14(16,17)18)9-19-12-4-2-1-3-5-12/h6-8,12,19H,1-5,9H2. The highest BCUT2D eigenvalue weighted by atomic mass is 79.9. The van der Waals surface area contributed by atoms with Crippen molar-refractivity contribution in [2.75, 3.05) is 0 Å². The predicted octanol–water partition coefficient (Wildman–Crippen LogP) is 4.77. The van der Waals surface area contributed by atoms with Gasteiger partial charge in [-0.15, -0.1) is 13.2 Å². The molecule has 2 rings (SSSR count). The summed E-state index contributed by atoms with van der Waals surface area (Å²) in [5.41, 5.74) is 0.524. The third-order valence-electron chi connectivity index (χ3n) is 3.44. The van der Waals surface area contributed by atoms with Crippen LogP contribution in [0.1, 0.15) is 37.7 Å². The molecule has 1 aliphatic rings. The summed E-state index contributed by atoms with van der Waals surface area (Å²) >= 11 is 3.16. The van der Waals surface area contributed by atoms with Crippen LogP contribution in [0.4, 0.5) is 13.2 Å². The number of alkyl halides is 3. The fraction of sp³-hybridized carbons (Fsp3) is 0.571. The van der Waals surface area contributed by atoms with E-state index in [0.717, 1.165) is 12.8 Å². The number of hydrogen-bond donors (Lipinski definition) is 1. The molecule has 1 aromatic carbocycles. The van der Waals surface area contributed by atoms with E-state index >= 15 is 0 Å². The number of hydrogen-bond acceptors (Lipinski definition) is 2. The van der Waals surface area contributed by atoms with Gasteiger partial charge in [0, 0.05) is 22.6 Å². The van der Waals surface area contributed by atoms with Crippen LogP contribution in [-0.4, -0.2) is 12.4 Å². The molecule has 0 saturated heterocycles. The van der Waals surface area contributed by atoms with E-state index in [0.29, 0.717) is 22.6 Å². The first-order chi connectivity index (χ1) is 9.44. The first-order valence-corrected chi connectivity index (χ1v) is 7.51. The van der Waals surface area contributed by atoms with Crippen molar-refractivity contribution in [2.24, 2.45) is 0 Å². The molecule has 0 aromatic heterocycles. The van der Waals surface area contributed by atoms with Gasteiger partial charge in [0.25, 0.3) is 0 Å². The van der Waals surface area contributed by atoms with Gasteiger partial charge >= 0.3 is 6.36 Å². The summed E-state index contributed by atoms with van der Waals surface area (Å²) in [5, 5.41) is 3.32. The van der Waals surface area contributed by atoms with Gasteiger partial charge in [0.15, 0.2) is 0 Å². The Morgan fingerprint density at radius 3 is 2.55 bits per heavy atom. The molecule has 0 unspecified atom stereocenters. The van der Waals surface area contributed by atoms with Crippen LogP contribution in [0, 0.1) is 0 Å². The minimum Gasteiger partial charge on any atom is -0.405 e. The Balaban J connectivity index is 2.02. The fourth-order valence-electron chi connectivity index (χ4n) is 2.46. The van der Waals surface area contributed by atoms with Crippen LogP contribution in [0.25, 0.3) is 0 Å². The first kappa shape index (κ1) is 15.6. The maximum atomic E-state index is 12.4. The van der Waals surface area contributed by atoms with Gasteiger partial charge in [0.2, 0.25) is 0 Å². The molecule has 1 N–H and O–H groups in total. The maximum Gasteiger partial charge on any atom is 0.573 e. The second kappa shape index (κ2) is 6.80. The molecule has 2 nitrogen and oxygen atoms in total. The SMILES string of the molecule is FC(F)(F)Oc1cc(Br)ccc1CNC1CCCCC1. The molecule has 0 heterocycles. The van der Waals surface area contributed by atoms with Crippen LogP contribution in [-0.2, 0) is 6.54 Å². The first-order valence-electron chi connectivity index (χ1n) is 6.71. The van der Waals surface area contributed by atoms with E-state index in [9.17, 15) is 13.2 Å². The zero-order chi connectivity index (χ0) is 14.6. The summed E-state index contributed by atoms with van der Waals surface area (Å²) in [6, 6.07) is 5.12. The number of ether oxygens (including phenoxy) is 1. The maximum absolute atomic E-state index is 12.4. The third-order valence-corrected chi connectivity index (χ3v) is 3.93. The molecule has 0 aliphatic heterocycles. The average molecular weight is 352 g/mol. The molecule has 0 bridgehead atoms. The van der Waals surface area contributed by atoms with Crippen LogP contribution >= 0.6 is 15.9 Å². The monoisotopic (exact) mass is 351 g/mol. The number of nitrogens with one attached hydrogen (secondary N) is 1. The largest absolute Gasteiger partial charge is 0.573 e. The van der Waals surface area contributed by atoms with Gasteiger partial charge in [-0.3, -0.25) is 0 Å². The number of benzene rings is 1. The minimum atomic E-state index is -4.67. The van der Waals surface area contributed by atoms with E-state index < -0.39 is 6.36 Å². The lowest BCUT2D eigenvalue weighted by molar-refractivity contribution is -0.274. The molecule has 6 heteroatoms. The van der Waals surface area contributed by atoms with Crippen LogP contribution in [0.3, 0.4) is 0 Å². The van der Waals surface area contributed by atoms with Crippen molar-refractivity contribution in [3.05, 3.63) is 28.2 Å². The topological polar surface area (TPSA) is 21.3 Å². The Hall–Kier alpha value is -0.750. The van der Waals surface area contributed by atoms with Gasteiger partial charge in [0.1, 0.15) is 5.75 Å². The Bertz CT molecular complexity index is 445. The molecule has 20 heavy (non-hydrogen) atoms. The number of rotatable bonds is 4. The zero-order valence-corrected chi connectivity index (χ0v) is 12.6. The van der Waals surface area contributed by atoms with Crippen LogP contribution in [0.5, 0.6) is 5.75 Å². The van der Waals surface area contributed by atoms with Gasteiger partial charge in [-0.05, 0) is 25.0 Å². The van der Waals surface area contributed by atoms with E-state index in [2.05, 4.69) is 26.0 Å². The van der Waals surface area contributed by atoms with E-state index in [-0.39, 0.29) is 5.75 Å². The summed E-state index contributed by atoms with van der Waals surface area (Å²) < 4.78 is 41.8. The smallest absolute Gasteiger partial charge is 0.405 e. The lowest BCUT2D eigenvalue weighted by Crippen LogP contribution is -2.30. The van der Waals surface area contributed by atoms with Crippen molar-refractivity contribution in [3.63, 3.8) is 0 Å². The summed E-state index contributed by atoms with van der Waals surface area (Å²) in [6.45, 7) is 0.392. The molecule has 0 atom stereocenters. The lowest BCUT2D eigenvalue weighted by Gasteiger charge is -2.23. The third kappa shape index (κ3) is 4.98. The van der Waals surface area contributed by atoms with Crippen LogP contribution in [0.15, 0.2) is 22.7 Å². The minimum absolute atomic E-state index is 0.143. The van der Waals surface area contributed by atoms with E-state index in [1.807, 2.05) is 0 Å². The van der Waals surface area contributed by atoms with Crippen molar-refractivity contribution in [3.8, 4) is 5.75 Å². The Kier molecular flexibility index (Phi) is 5.32. The molecule has 0 spiro atoms. The average Bonchev–Trinajstić information content (AvgIpc) is 2.37. The van der Waals surface area contributed by atoms with E-state index in [1.54, 1.807) is 12.1 Å². The lowest BCUT2D eigenvalue weighted by atomic mass is 9.95. The molecule has 0 amide bonds. The molecule has 1 aliphatic carbocycles. The van der Waals surface area contributed by atoms with E-state index in [4.69, 9.17) is 0 Å². The van der Waals surface area contributed by atoms with Crippen LogP contribution in [0.2, 0.25) is 0 Å². The molecular formula is C14H17BrF3NO.